The van der Waals surface area contributed by atoms with Crippen LogP contribution < -0.4 is 10.2 Å². The van der Waals surface area contributed by atoms with Gasteiger partial charge in [0.25, 0.3) is 5.91 Å². The summed E-state index contributed by atoms with van der Waals surface area (Å²) in [7, 11) is 1.71. The van der Waals surface area contributed by atoms with Gasteiger partial charge in [0, 0.05) is 30.8 Å². The molecule has 3 amide bonds. The van der Waals surface area contributed by atoms with E-state index in [-0.39, 0.29) is 30.6 Å². The van der Waals surface area contributed by atoms with Crippen LogP contribution in [0.5, 0.6) is 0 Å². The number of fused-ring (bicyclic) bond motifs is 3. The number of benzene rings is 2. The van der Waals surface area contributed by atoms with E-state index in [1.165, 1.54) is 17.0 Å². The zero-order chi connectivity index (χ0) is 22.6. The molecule has 2 aromatic rings. The molecule has 9 heteroatoms. The van der Waals surface area contributed by atoms with Crippen LogP contribution in [0, 0.1) is 12.7 Å². The van der Waals surface area contributed by atoms with Gasteiger partial charge >= 0.3 is 6.03 Å². The van der Waals surface area contributed by atoms with E-state index in [1.54, 1.807) is 24.1 Å². The molecule has 5 rings (SSSR count). The normalized spacial score (nSPS) is 25.9. The summed E-state index contributed by atoms with van der Waals surface area (Å²) in [6.07, 6.45) is 0.240. The van der Waals surface area contributed by atoms with Crippen molar-refractivity contribution in [3.8, 4) is 0 Å². The fourth-order valence-electron chi connectivity index (χ4n) is 4.86. The lowest BCUT2D eigenvalue weighted by Gasteiger charge is -2.44. The number of carbonyl (C=O) groups is 2. The van der Waals surface area contributed by atoms with E-state index in [4.69, 9.17) is 11.6 Å². The number of urea groups is 1. The van der Waals surface area contributed by atoms with Crippen molar-refractivity contribution in [2.75, 3.05) is 25.0 Å². The molecule has 168 valence electrons. The SMILES string of the molecule is Cc1ccc(N2CCCN3C4C(=O)N(Cc5ccc(F)cc5)C(=O)N(C)C4NC23)cc1Cl. The monoisotopic (exact) mass is 457 g/mol. The third kappa shape index (κ3) is 3.43. The molecule has 7 nitrogen and oxygen atoms in total. The highest BCUT2D eigenvalue weighted by Crippen LogP contribution is 2.34. The number of rotatable bonds is 3. The van der Waals surface area contributed by atoms with E-state index in [2.05, 4.69) is 15.1 Å². The topological polar surface area (TPSA) is 59.1 Å². The lowest BCUT2D eigenvalue weighted by atomic mass is 10.1. The van der Waals surface area contributed by atoms with E-state index in [0.29, 0.717) is 10.6 Å². The number of aryl methyl sites for hydroxylation is 1. The first-order valence-corrected chi connectivity index (χ1v) is 11.1. The highest BCUT2D eigenvalue weighted by Gasteiger charge is 2.56. The third-order valence-electron chi connectivity index (χ3n) is 6.61. The summed E-state index contributed by atoms with van der Waals surface area (Å²) in [5.74, 6) is -0.587. The molecule has 0 aliphatic carbocycles. The van der Waals surface area contributed by atoms with Crippen LogP contribution in [0.4, 0.5) is 14.9 Å². The van der Waals surface area contributed by atoms with E-state index in [9.17, 15) is 14.0 Å². The number of imide groups is 1. The Morgan fingerprint density at radius 2 is 1.88 bits per heavy atom. The molecule has 3 unspecified atom stereocenters. The van der Waals surface area contributed by atoms with Gasteiger partial charge in [0.15, 0.2) is 0 Å². The molecule has 3 aliphatic rings. The van der Waals surface area contributed by atoms with Crippen LogP contribution in [-0.2, 0) is 11.3 Å². The average molecular weight is 458 g/mol. The molecule has 32 heavy (non-hydrogen) atoms. The Bertz CT molecular complexity index is 1060. The van der Waals surface area contributed by atoms with Crippen LogP contribution in [0.3, 0.4) is 0 Å². The molecule has 0 bridgehead atoms. The molecule has 0 spiro atoms. The van der Waals surface area contributed by atoms with Crippen molar-refractivity contribution in [2.24, 2.45) is 0 Å². The maximum absolute atomic E-state index is 13.5. The van der Waals surface area contributed by atoms with Gasteiger partial charge in [0.05, 0.1) is 6.54 Å². The van der Waals surface area contributed by atoms with Gasteiger partial charge in [-0.15, -0.1) is 0 Å². The second-order valence-electron chi connectivity index (χ2n) is 8.59. The molecule has 3 fully saturated rings. The second kappa shape index (κ2) is 8.03. The zero-order valence-electron chi connectivity index (χ0n) is 18.0. The second-order valence-corrected chi connectivity index (χ2v) is 9.00. The van der Waals surface area contributed by atoms with E-state index < -0.39 is 12.2 Å². The summed E-state index contributed by atoms with van der Waals surface area (Å²) in [5.41, 5.74) is 2.69. The maximum Gasteiger partial charge on any atom is 0.328 e. The van der Waals surface area contributed by atoms with Crippen LogP contribution in [0.1, 0.15) is 17.5 Å². The predicted octanol–water partition coefficient (Wildman–Crippen LogP) is 2.98. The summed E-state index contributed by atoms with van der Waals surface area (Å²) in [6, 6.07) is 11.0. The molecule has 1 N–H and O–H groups in total. The van der Waals surface area contributed by atoms with Gasteiger partial charge in [-0.2, -0.15) is 0 Å². The number of nitrogens with zero attached hydrogens (tertiary/aromatic N) is 4. The Balaban J connectivity index is 1.43. The van der Waals surface area contributed by atoms with Crippen molar-refractivity contribution in [2.45, 2.75) is 38.4 Å². The van der Waals surface area contributed by atoms with Gasteiger partial charge in [-0.25, -0.2) is 9.18 Å². The van der Waals surface area contributed by atoms with Crippen molar-refractivity contribution in [3.05, 3.63) is 64.4 Å². The predicted molar refractivity (Wildman–Crippen MR) is 119 cm³/mol. The number of halogens is 2. The highest BCUT2D eigenvalue weighted by molar-refractivity contribution is 6.31. The van der Waals surface area contributed by atoms with Crippen LogP contribution in [0.2, 0.25) is 5.02 Å². The van der Waals surface area contributed by atoms with Gasteiger partial charge in [-0.3, -0.25) is 19.9 Å². The Kier molecular flexibility index (Phi) is 5.31. The summed E-state index contributed by atoms with van der Waals surface area (Å²) >= 11 is 6.37. The molecule has 3 heterocycles. The minimum Gasteiger partial charge on any atom is -0.343 e. The molecule has 3 aliphatic heterocycles. The first-order valence-electron chi connectivity index (χ1n) is 10.7. The third-order valence-corrected chi connectivity index (χ3v) is 7.02. The van der Waals surface area contributed by atoms with Gasteiger partial charge in [0.2, 0.25) is 0 Å². The summed E-state index contributed by atoms with van der Waals surface area (Å²) < 4.78 is 13.3. The number of nitrogens with one attached hydrogen (secondary N) is 1. The highest BCUT2D eigenvalue weighted by atomic mass is 35.5. The van der Waals surface area contributed by atoms with Gasteiger partial charge < -0.3 is 9.80 Å². The summed E-state index contributed by atoms with van der Waals surface area (Å²) in [4.78, 5) is 33.8. The minimum absolute atomic E-state index is 0.112. The van der Waals surface area contributed by atoms with Crippen molar-refractivity contribution in [3.63, 3.8) is 0 Å². The Labute approximate surface area is 191 Å². The lowest BCUT2D eigenvalue weighted by Crippen LogP contribution is -2.66. The molecular weight excluding hydrogens is 433 g/mol. The molecule has 0 saturated carbocycles. The Morgan fingerprint density at radius 1 is 1.12 bits per heavy atom. The molecule has 3 saturated heterocycles. The molecule has 2 aromatic carbocycles. The van der Waals surface area contributed by atoms with E-state index >= 15 is 0 Å². The number of hydrogen-bond donors (Lipinski definition) is 1. The summed E-state index contributed by atoms with van der Waals surface area (Å²) in [6.45, 7) is 3.64. The number of amides is 3. The zero-order valence-corrected chi connectivity index (χ0v) is 18.7. The van der Waals surface area contributed by atoms with Gasteiger partial charge in [-0.1, -0.05) is 29.8 Å². The smallest absolute Gasteiger partial charge is 0.328 e. The Morgan fingerprint density at radius 3 is 2.59 bits per heavy atom. The van der Waals surface area contributed by atoms with Crippen molar-refractivity contribution >= 4 is 29.2 Å². The molecule has 0 radical (unpaired) electrons. The molecule has 3 atom stereocenters. The van der Waals surface area contributed by atoms with Crippen molar-refractivity contribution in [1.29, 1.82) is 0 Å². The number of likely N-dealkylation sites (N-methyl/N-ethyl adjacent to an activating group) is 1. The van der Waals surface area contributed by atoms with E-state index in [0.717, 1.165) is 30.8 Å². The van der Waals surface area contributed by atoms with E-state index in [1.807, 2.05) is 25.1 Å². The van der Waals surface area contributed by atoms with Gasteiger partial charge in [-0.05, 0) is 48.7 Å². The van der Waals surface area contributed by atoms with Crippen LogP contribution in [0.15, 0.2) is 42.5 Å². The van der Waals surface area contributed by atoms with Crippen LogP contribution >= 0.6 is 11.6 Å². The number of anilines is 1. The average Bonchev–Trinajstić information content (AvgIpc) is 3.18. The molecular formula is C23H25ClFN5O2. The summed E-state index contributed by atoms with van der Waals surface area (Å²) in [5, 5.41) is 4.19. The largest absolute Gasteiger partial charge is 0.343 e. The quantitative estimate of drug-likeness (QED) is 0.768. The lowest BCUT2D eigenvalue weighted by molar-refractivity contribution is -0.139. The Hall–Kier alpha value is -2.68. The van der Waals surface area contributed by atoms with Crippen LogP contribution in [-0.4, -0.2) is 65.3 Å². The maximum atomic E-state index is 13.5. The fourth-order valence-corrected chi connectivity index (χ4v) is 5.04. The minimum atomic E-state index is -0.494. The first-order chi connectivity index (χ1) is 15.3. The van der Waals surface area contributed by atoms with Gasteiger partial charge in [0.1, 0.15) is 24.3 Å². The van der Waals surface area contributed by atoms with Crippen molar-refractivity contribution < 1.29 is 14.0 Å². The molecule has 0 aromatic heterocycles. The van der Waals surface area contributed by atoms with Crippen molar-refractivity contribution in [1.82, 2.24) is 20.0 Å². The standard InChI is InChI=1S/C23H25ClFN5O2/c1-14-4-9-17(12-18(14)24)28-10-3-11-29-19-20(26-22(28)29)27(2)23(32)30(21(19)31)13-15-5-7-16(25)8-6-15/h4-9,12,19-20,22,26H,3,10-11,13H2,1-2H3. The van der Waals surface area contributed by atoms with Crippen LogP contribution in [0.25, 0.3) is 0 Å². The number of hydrogen-bond acceptors (Lipinski definition) is 5. The fraction of sp³-hybridized carbons (Fsp3) is 0.391. The first kappa shape index (κ1) is 21.2. The number of carbonyl (C=O) groups excluding carboxylic acids is 2.